The van der Waals surface area contributed by atoms with Crippen molar-refractivity contribution in [2.45, 2.75) is 25.4 Å². The van der Waals surface area contributed by atoms with Crippen LogP contribution in [0.15, 0.2) is 11.4 Å². The Balaban J connectivity index is 1.88. The third-order valence-corrected chi connectivity index (χ3v) is 5.12. The van der Waals surface area contributed by atoms with Crippen molar-refractivity contribution in [2.24, 2.45) is 0 Å². The van der Waals surface area contributed by atoms with Gasteiger partial charge in [0.25, 0.3) is 0 Å². The largest absolute Gasteiger partial charge is 0.395 e. The molecule has 1 aromatic rings. The molecule has 0 radical (unpaired) electrons. The van der Waals surface area contributed by atoms with Gasteiger partial charge in [-0.2, -0.15) is 11.8 Å². The van der Waals surface area contributed by atoms with Crippen LogP contribution in [-0.2, 0) is 6.54 Å². The van der Waals surface area contributed by atoms with Crippen molar-refractivity contribution < 1.29 is 5.11 Å². The van der Waals surface area contributed by atoms with Crippen molar-refractivity contribution in [3.8, 4) is 11.8 Å². The van der Waals surface area contributed by atoms with Crippen LogP contribution in [-0.4, -0.2) is 41.2 Å². The van der Waals surface area contributed by atoms with Crippen molar-refractivity contribution in [2.75, 3.05) is 25.2 Å². The van der Waals surface area contributed by atoms with Crippen LogP contribution in [0.25, 0.3) is 0 Å². The van der Waals surface area contributed by atoms with Crippen LogP contribution >= 0.6 is 23.1 Å². The second-order valence-electron chi connectivity index (χ2n) is 4.51. The molecule has 98 valence electrons. The van der Waals surface area contributed by atoms with E-state index in [0.717, 1.165) is 18.2 Å². The van der Waals surface area contributed by atoms with Crippen LogP contribution in [0.4, 0.5) is 0 Å². The summed E-state index contributed by atoms with van der Waals surface area (Å²) in [6.07, 6.45) is 1.88. The summed E-state index contributed by atoms with van der Waals surface area (Å²) in [6.45, 7) is 1.17. The highest BCUT2D eigenvalue weighted by atomic mass is 32.2. The Bertz CT molecular complexity index is 426. The van der Waals surface area contributed by atoms with E-state index in [1.807, 2.05) is 0 Å². The molecule has 18 heavy (non-hydrogen) atoms. The monoisotopic (exact) mass is 281 g/mol. The Morgan fingerprint density at radius 2 is 2.44 bits per heavy atom. The SMILES string of the molecule is CN(Cc1cc(C#CCCO)cs1)C1CCSC1. The molecule has 2 rings (SSSR count). The molecule has 0 saturated carbocycles. The Hall–Kier alpha value is -0.470. The smallest absolute Gasteiger partial charge is 0.0540 e. The second-order valence-corrected chi connectivity index (χ2v) is 6.66. The molecule has 1 unspecified atom stereocenters. The van der Waals surface area contributed by atoms with E-state index >= 15 is 0 Å². The molecule has 0 aliphatic carbocycles. The minimum absolute atomic E-state index is 0.145. The Morgan fingerprint density at radius 3 is 3.17 bits per heavy atom. The summed E-state index contributed by atoms with van der Waals surface area (Å²) in [7, 11) is 2.22. The predicted molar refractivity (Wildman–Crippen MR) is 80.1 cm³/mol. The summed E-state index contributed by atoms with van der Waals surface area (Å²) < 4.78 is 0. The molecular formula is C14H19NOS2. The van der Waals surface area contributed by atoms with Crippen molar-refractivity contribution in [3.63, 3.8) is 0 Å². The van der Waals surface area contributed by atoms with E-state index in [1.165, 1.54) is 22.8 Å². The Kier molecular flexibility index (Phi) is 5.58. The molecule has 1 fully saturated rings. The molecule has 1 N–H and O–H groups in total. The minimum Gasteiger partial charge on any atom is -0.395 e. The van der Waals surface area contributed by atoms with Gasteiger partial charge in [-0.1, -0.05) is 11.8 Å². The molecule has 1 aliphatic heterocycles. The third-order valence-electron chi connectivity index (χ3n) is 3.06. The molecule has 0 aromatic carbocycles. The maximum atomic E-state index is 8.68. The highest BCUT2D eigenvalue weighted by Crippen LogP contribution is 2.24. The number of thioether (sulfide) groups is 1. The van der Waals surface area contributed by atoms with Crippen LogP contribution < -0.4 is 0 Å². The molecule has 1 aliphatic rings. The zero-order valence-corrected chi connectivity index (χ0v) is 12.3. The summed E-state index contributed by atoms with van der Waals surface area (Å²) >= 11 is 3.84. The molecule has 0 bridgehead atoms. The molecule has 0 spiro atoms. The second kappa shape index (κ2) is 7.20. The fourth-order valence-electron chi connectivity index (χ4n) is 1.99. The van der Waals surface area contributed by atoms with Crippen molar-refractivity contribution in [1.29, 1.82) is 0 Å². The van der Waals surface area contributed by atoms with E-state index in [2.05, 4.69) is 47.0 Å². The van der Waals surface area contributed by atoms with Crippen LogP contribution in [0, 0.1) is 11.8 Å². The van der Waals surface area contributed by atoms with Gasteiger partial charge in [-0.3, -0.25) is 4.90 Å². The number of aliphatic hydroxyl groups excluding tert-OH is 1. The molecule has 1 atom stereocenters. The lowest BCUT2D eigenvalue weighted by molar-refractivity contribution is 0.256. The van der Waals surface area contributed by atoms with Gasteiger partial charge >= 0.3 is 0 Å². The third kappa shape index (κ3) is 4.03. The average molecular weight is 281 g/mol. The summed E-state index contributed by atoms with van der Waals surface area (Å²) in [4.78, 5) is 3.83. The fraction of sp³-hybridized carbons (Fsp3) is 0.571. The number of aliphatic hydroxyl groups is 1. The molecule has 0 amide bonds. The van der Waals surface area contributed by atoms with Gasteiger partial charge in [-0.05, 0) is 25.3 Å². The van der Waals surface area contributed by atoms with E-state index in [4.69, 9.17) is 5.11 Å². The van der Waals surface area contributed by atoms with Crippen LogP contribution in [0.1, 0.15) is 23.3 Å². The topological polar surface area (TPSA) is 23.5 Å². The zero-order chi connectivity index (χ0) is 12.8. The number of hydrogen-bond donors (Lipinski definition) is 1. The highest BCUT2D eigenvalue weighted by Gasteiger charge is 2.20. The van der Waals surface area contributed by atoms with E-state index in [9.17, 15) is 0 Å². The van der Waals surface area contributed by atoms with Crippen molar-refractivity contribution in [3.05, 3.63) is 21.9 Å². The number of hydrogen-bond acceptors (Lipinski definition) is 4. The minimum atomic E-state index is 0.145. The van der Waals surface area contributed by atoms with Gasteiger partial charge in [0.15, 0.2) is 0 Å². The van der Waals surface area contributed by atoms with E-state index in [0.29, 0.717) is 6.42 Å². The fourth-order valence-corrected chi connectivity index (χ4v) is 4.17. The van der Waals surface area contributed by atoms with E-state index in [-0.39, 0.29) is 6.61 Å². The van der Waals surface area contributed by atoms with Crippen LogP contribution in [0.5, 0.6) is 0 Å². The van der Waals surface area contributed by atoms with Gasteiger partial charge in [0.1, 0.15) is 0 Å². The summed E-state index contributed by atoms with van der Waals surface area (Å²) in [5, 5.41) is 10.8. The quantitative estimate of drug-likeness (QED) is 0.858. The maximum Gasteiger partial charge on any atom is 0.0540 e. The maximum absolute atomic E-state index is 8.68. The molecule has 2 nitrogen and oxygen atoms in total. The lowest BCUT2D eigenvalue weighted by Crippen LogP contribution is -2.30. The number of nitrogens with zero attached hydrogens (tertiary/aromatic N) is 1. The van der Waals surface area contributed by atoms with Gasteiger partial charge in [0.05, 0.1) is 6.61 Å². The number of rotatable bonds is 4. The standard InChI is InChI=1S/C14H19NOS2/c1-15(13-5-7-17-11-13)9-14-8-12(10-18-14)4-2-3-6-16/h8,10,13,16H,3,5-7,9,11H2,1H3. The first-order valence-corrected chi connectivity index (χ1v) is 8.28. The molecular weight excluding hydrogens is 262 g/mol. The summed E-state index contributed by atoms with van der Waals surface area (Å²) in [5.74, 6) is 8.62. The van der Waals surface area contributed by atoms with Gasteiger partial charge < -0.3 is 5.11 Å². The summed E-state index contributed by atoms with van der Waals surface area (Å²) in [5.41, 5.74) is 1.08. The normalized spacial score (nSPS) is 18.9. The van der Waals surface area contributed by atoms with Crippen molar-refractivity contribution >= 4 is 23.1 Å². The first-order chi connectivity index (χ1) is 8.79. The van der Waals surface area contributed by atoms with Gasteiger partial charge in [0, 0.05) is 40.6 Å². The highest BCUT2D eigenvalue weighted by molar-refractivity contribution is 7.99. The Labute approximate surface area is 117 Å². The van der Waals surface area contributed by atoms with Crippen molar-refractivity contribution in [1.82, 2.24) is 4.90 Å². The summed E-state index contributed by atoms with van der Waals surface area (Å²) in [6, 6.07) is 2.91. The van der Waals surface area contributed by atoms with Crippen LogP contribution in [0.2, 0.25) is 0 Å². The Morgan fingerprint density at radius 1 is 1.56 bits per heavy atom. The van der Waals surface area contributed by atoms with E-state index in [1.54, 1.807) is 11.3 Å². The number of thiophene rings is 1. The van der Waals surface area contributed by atoms with Crippen LogP contribution in [0.3, 0.4) is 0 Å². The first kappa shape index (κ1) is 14.0. The molecule has 4 heteroatoms. The van der Waals surface area contributed by atoms with Gasteiger partial charge in [0.2, 0.25) is 0 Å². The van der Waals surface area contributed by atoms with Gasteiger partial charge in [-0.25, -0.2) is 0 Å². The average Bonchev–Trinajstić information content (AvgIpc) is 3.00. The van der Waals surface area contributed by atoms with Gasteiger partial charge in [-0.15, -0.1) is 11.3 Å². The van der Waals surface area contributed by atoms with E-state index < -0.39 is 0 Å². The zero-order valence-electron chi connectivity index (χ0n) is 10.7. The predicted octanol–water partition coefficient (Wildman–Crippen LogP) is 2.42. The molecule has 1 aromatic heterocycles. The lowest BCUT2D eigenvalue weighted by Gasteiger charge is -2.22. The molecule has 2 heterocycles. The lowest BCUT2D eigenvalue weighted by atomic mass is 10.2. The molecule has 1 saturated heterocycles. The first-order valence-electron chi connectivity index (χ1n) is 6.24.